The van der Waals surface area contributed by atoms with Gasteiger partial charge in [-0.1, -0.05) is 39.0 Å². The van der Waals surface area contributed by atoms with Crippen LogP contribution >= 0.6 is 11.3 Å². The first-order valence-corrected chi connectivity index (χ1v) is 8.19. The third-order valence-corrected chi connectivity index (χ3v) is 4.80. The van der Waals surface area contributed by atoms with Crippen LogP contribution in [0.1, 0.15) is 45.5 Å². The highest BCUT2D eigenvalue weighted by atomic mass is 32.1. The number of carbonyl (C=O) groups is 1. The minimum absolute atomic E-state index is 0.0518. The summed E-state index contributed by atoms with van der Waals surface area (Å²) in [6.07, 6.45) is 0.559. The van der Waals surface area contributed by atoms with E-state index in [-0.39, 0.29) is 17.2 Å². The fourth-order valence-electron chi connectivity index (χ4n) is 2.33. The molecule has 0 bridgehead atoms. The van der Waals surface area contributed by atoms with Gasteiger partial charge < -0.3 is 15.3 Å². The summed E-state index contributed by atoms with van der Waals surface area (Å²) in [5.41, 5.74) is -0.0518. The van der Waals surface area contributed by atoms with Gasteiger partial charge in [0.05, 0.1) is 0 Å². The van der Waals surface area contributed by atoms with Crippen molar-refractivity contribution < 1.29 is 9.90 Å². The standard InChI is InChI=1S/C14H24N4O2S/c1-5-6-18-8-9(7-10(18)19)11(20)15-13-17-16-12(21-13)14(2,3)4/h9,11,20H,5-8H2,1-4H3,(H,15,17). The van der Waals surface area contributed by atoms with Crippen LogP contribution in [0.3, 0.4) is 0 Å². The van der Waals surface area contributed by atoms with Gasteiger partial charge in [0.25, 0.3) is 0 Å². The minimum Gasteiger partial charge on any atom is -0.373 e. The summed E-state index contributed by atoms with van der Waals surface area (Å²) >= 11 is 1.45. The fourth-order valence-corrected chi connectivity index (χ4v) is 3.16. The van der Waals surface area contributed by atoms with E-state index in [4.69, 9.17) is 0 Å². The van der Waals surface area contributed by atoms with Crippen molar-refractivity contribution in [3.63, 3.8) is 0 Å². The van der Waals surface area contributed by atoms with Gasteiger partial charge >= 0.3 is 0 Å². The highest BCUT2D eigenvalue weighted by Crippen LogP contribution is 2.29. The molecule has 1 aliphatic heterocycles. The third kappa shape index (κ3) is 3.91. The molecule has 2 atom stereocenters. The van der Waals surface area contributed by atoms with Crippen molar-refractivity contribution in [1.29, 1.82) is 0 Å². The lowest BCUT2D eigenvalue weighted by molar-refractivity contribution is -0.127. The summed E-state index contributed by atoms with van der Waals surface area (Å²) in [7, 11) is 0. The average molecular weight is 312 g/mol. The molecule has 2 unspecified atom stereocenters. The van der Waals surface area contributed by atoms with E-state index >= 15 is 0 Å². The van der Waals surface area contributed by atoms with Crippen molar-refractivity contribution in [2.24, 2.45) is 5.92 Å². The first kappa shape index (κ1) is 16.2. The second-order valence-corrected chi connectivity index (χ2v) is 7.53. The number of rotatable bonds is 5. The molecule has 0 spiro atoms. The second-order valence-electron chi connectivity index (χ2n) is 6.56. The lowest BCUT2D eigenvalue weighted by Gasteiger charge is -2.19. The number of amides is 1. The smallest absolute Gasteiger partial charge is 0.223 e. The van der Waals surface area contributed by atoms with Crippen molar-refractivity contribution in [1.82, 2.24) is 15.1 Å². The molecule has 1 fully saturated rings. The van der Waals surface area contributed by atoms with Gasteiger partial charge in [0.15, 0.2) is 0 Å². The van der Waals surface area contributed by atoms with Gasteiger partial charge in [-0.15, -0.1) is 10.2 Å². The number of hydrogen-bond donors (Lipinski definition) is 2. The SMILES string of the molecule is CCCN1CC(C(O)Nc2nnc(C(C)(C)C)s2)CC1=O. The van der Waals surface area contributed by atoms with Gasteiger partial charge in [0.1, 0.15) is 11.2 Å². The first-order valence-electron chi connectivity index (χ1n) is 7.37. The van der Waals surface area contributed by atoms with Crippen LogP contribution in [0.25, 0.3) is 0 Å². The molecule has 0 radical (unpaired) electrons. The monoisotopic (exact) mass is 312 g/mol. The predicted octanol–water partition coefficient (Wildman–Crippen LogP) is 1.82. The van der Waals surface area contributed by atoms with E-state index in [1.165, 1.54) is 11.3 Å². The molecule has 2 rings (SSSR count). The van der Waals surface area contributed by atoms with Gasteiger partial charge in [0.2, 0.25) is 11.0 Å². The Labute approximate surface area is 129 Å². The number of aliphatic hydroxyl groups excluding tert-OH is 1. The van der Waals surface area contributed by atoms with E-state index in [2.05, 4.69) is 36.3 Å². The largest absolute Gasteiger partial charge is 0.373 e. The Balaban J connectivity index is 1.94. The van der Waals surface area contributed by atoms with E-state index in [9.17, 15) is 9.90 Å². The van der Waals surface area contributed by atoms with Crippen molar-refractivity contribution in [2.75, 3.05) is 18.4 Å². The Morgan fingerprint density at radius 3 is 2.76 bits per heavy atom. The number of nitrogens with zero attached hydrogens (tertiary/aromatic N) is 3. The van der Waals surface area contributed by atoms with Crippen LogP contribution in [0.5, 0.6) is 0 Å². The topological polar surface area (TPSA) is 78.3 Å². The maximum atomic E-state index is 11.8. The maximum absolute atomic E-state index is 11.8. The van der Waals surface area contributed by atoms with Crippen LogP contribution in [0, 0.1) is 5.92 Å². The summed E-state index contributed by atoms with van der Waals surface area (Å²) < 4.78 is 0. The van der Waals surface area contributed by atoms with Crippen molar-refractivity contribution in [2.45, 2.75) is 52.2 Å². The molecule has 118 valence electrons. The summed E-state index contributed by atoms with van der Waals surface area (Å²) in [5, 5.41) is 23.0. The highest BCUT2D eigenvalue weighted by Gasteiger charge is 2.34. The Morgan fingerprint density at radius 1 is 1.48 bits per heavy atom. The number of likely N-dealkylation sites (tertiary alicyclic amines) is 1. The van der Waals surface area contributed by atoms with E-state index in [0.717, 1.165) is 18.0 Å². The molecule has 1 saturated heterocycles. The fraction of sp³-hybridized carbons (Fsp3) is 0.786. The molecule has 2 heterocycles. The molecule has 1 aromatic heterocycles. The number of anilines is 1. The number of carbonyl (C=O) groups excluding carboxylic acids is 1. The molecule has 7 heteroatoms. The second kappa shape index (κ2) is 6.27. The maximum Gasteiger partial charge on any atom is 0.223 e. The van der Waals surface area contributed by atoms with Gasteiger partial charge in [0, 0.05) is 30.8 Å². The van der Waals surface area contributed by atoms with E-state index in [1.807, 2.05) is 11.8 Å². The molecular weight excluding hydrogens is 288 g/mol. The quantitative estimate of drug-likeness (QED) is 0.811. The van der Waals surface area contributed by atoms with Gasteiger partial charge in [-0.05, 0) is 6.42 Å². The Kier molecular flexibility index (Phi) is 4.83. The molecule has 6 nitrogen and oxygen atoms in total. The third-order valence-electron chi connectivity index (χ3n) is 3.52. The minimum atomic E-state index is -0.767. The Hall–Kier alpha value is -1.21. The zero-order valence-corrected chi connectivity index (χ0v) is 13.9. The van der Waals surface area contributed by atoms with Crippen LogP contribution in [0.15, 0.2) is 0 Å². The lowest BCUT2D eigenvalue weighted by Crippen LogP contribution is -2.32. The molecule has 2 N–H and O–H groups in total. The highest BCUT2D eigenvalue weighted by molar-refractivity contribution is 7.15. The molecular formula is C14H24N4O2S. The van der Waals surface area contributed by atoms with Crippen LogP contribution in [-0.2, 0) is 10.2 Å². The number of aromatic nitrogens is 2. The Morgan fingerprint density at radius 2 is 2.19 bits per heavy atom. The van der Waals surface area contributed by atoms with Gasteiger partial charge in [-0.25, -0.2) is 0 Å². The van der Waals surface area contributed by atoms with Gasteiger partial charge in [-0.3, -0.25) is 4.79 Å². The normalized spacial score (nSPS) is 20.9. The molecule has 1 aliphatic rings. The first-order chi connectivity index (χ1) is 9.81. The summed E-state index contributed by atoms with van der Waals surface area (Å²) in [6, 6.07) is 0. The number of nitrogens with one attached hydrogen (secondary N) is 1. The van der Waals surface area contributed by atoms with Crippen molar-refractivity contribution >= 4 is 22.4 Å². The molecule has 1 amide bonds. The number of aliphatic hydroxyl groups is 1. The van der Waals surface area contributed by atoms with Crippen LogP contribution < -0.4 is 5.32 Å². The molecule has 0 saturated carbocycles. The predicted molar refractivity (Wildman–Crippen MR) is 83.2 cm³/mol. The van der Waals surface area contributed by atoms with E-state index in [1.54, 1.807) is 0 Å². The van der Waals surface area contributed by atoms with E-state index in [0.29, 0.717) is 18.1 Å². The van der Waals surface area contributed by atoms with Crippen LogP contribution in [-0.4, -0.2) is 45.4 Å². The van der Waals surface area contributed by atoms with Gasteiger partial charge in [-0.2, -0.15) is 0 Å². The Bertz CT molecular complexity index is 497. The summed E-state index contributed by atoms with van der Waals surface area (Å²) in [4.78, 5) is 13.6. The zero-order valence-electron chi connectivity index (χ0n) is 13.1. The summed E-state index contributed by atoms with van der Waals surface area (Å²) in [6.45, 7) is 9.63. The van der Waals surface area contributed by atoms with Crippen LogP contribution in [0.2, 0.25) is 0 Å². The summed E-state index contributed by atoms with van der Waals surface area (Å²) in [5.74, 6) is 0.0291. The lowest BCUT2D eigenvalue weighted by atomic mass is 9.98. The molecule has 0 aliphatic carbocycles. The zero-order chi connectivity index (χ0) is 15.6. The number of hydrogen-bond acceptors (Lipinski definition) is 6. The molecule has 1 aromatic rings. The van der Waals surface area contributed by atoms with E-state index < -0.39 is 6.23 Å². The van der Waals surface area contributed by atoms with Crippen molar-refractivity contribution in [3.05, 3.63) is 5.01 Å². The molecule has 21 heavy (non-hydrogen) atoms. The van der Waals surface area contributed by atoms with Crippen LogP contribution in [0.4, 0.5) is 5.13 Å². The average Bonchev–Trinajstić information content (AvgIpc) is 2.97. The molecule has 0 aromatic carbocycles. The van der Waals surface area contributed by atoms with Crippen molar-refractivity contribution in [3.8, 4) is 0 Å².